The van der Waals surface area contributed by atoms with E-state index in [1.54, 1.807) is 0 Å². The number of nitrogens with one attached hydrogen (secondary N) is 1. The van der Waals surface area contributed by atoms with Gasteiger partial charge in [0, 0.05) is 12.1 Å². The maximum atomic E-state index is 12.0. The molecule has 1 fully saturated rings. The number of anilines is 1. The highest BCUT2D eigenvalue weighted by molar-refractivity contribution is 5.90. The summed E-state index contributed by atoms with van der Waals surface area (Å²) in [7, 11) is 0. The van der Waals surface area contributed by atoms with E-state index in [4.69, 9.17) is 5.73 Å². The van der Waals surface area contributed by atoms with Gasteiger partial charge in [0.1, 0.15) is 0 Å². The van der Waals surface area contributed by atoms with Crippen molar-refractivity contribution in [2.24, 2.45) is 11.7 Å². The maximum Gasteiger partial charge on any atom is 0.224 e. The van der Waals surface area contributed by atoms with Gasteiger partial charge in [0.25, 0.3) is 0 Å². The molecule has 1 aliphatic rings. The molecule has 1 aromatic carbocycles. The number of benzene rings is 1. The van der Waals surface area contributed by atoms with E-state index in [0.717, 1.165) is 43.8 Å². The van der Waals surface area contributed by atoms with Gasteiger partial charge in [0.05, 0.1) is 0 Å². The molecule has 1 aliphatic carbocycles. The second-order valence-electron chi connectivity index (χ2n) is 6.53. The standard InChI is InChI=1S/C19H30N2O/c20-15-5-4-8-17-9-12-18(13-10-17)21-19(22)14-11-16-6-2-1-3-7-16/h9-10,12-13,16H,1-8,11,14-15,20H2,(H,21,22). The lowest BCUT2D eigenvalue weighted by atomic mass is 9.86. The quantitative estimate of drug-likeness (QED) is 0.705. The molecule has 22 heavy (non-hydrogen) atoms. The smallest absolute Gasteiger partial charge is 0.224 e. The minimum Gasteiger partial charge on any atom is -0.330 e. The van der Waals surface area contributed by atoms with Crippen molar-refractivity contribution >= 4 is 11.6 Å². The lowest BCUT2D eigenvalue weighted by Gasteiger charge is -2.21. The van der Waals surface area contributed by atoms with E-state index in [9.17, 15) is 4.79 Å². The first-order chi connectivity index (χ1) is 10.8. The molecule has 0 atom stereocenters. The fourth-order valence-corrected chi connectivity index (χ4v) is 3.26. The van der Waals surface area contributed by atoms with Crippen molar-refractivity contribution in [1.82, 2.24) is 0 Å². The molecule has 0 unspecified atom stereocenters. The van der Waals surface area contributed by atoms with E-state index in [1.807, 2.05) is 12.1 Å². The summed E-state index contributed by atoms with van der Waals surface area (Å²) >= 11 is 0. The van der Waals surface area contributed by atoms with Crippen LogP contribution in [0.4, 0.5) is 5.69 Å². The number of nitrogens with two attached hydrogens (primary N) is 1. The molecule has 3 heteroatoms. The van der Waals surface area contributed by atoms with Crippen LogP contribution in [0.25, 0.3) is 0 Å². The van der Waals surface area contributed by atoms with Gasteiger partial charge in [-0.3, -0.25) is 4.79 Å². The highest BCUT2D eigenvalue weighted by Crippen LogP contribution is 2.27. The van der Waals surface area contributed by atoms with Gasteiger partial charge in [-0.05, 0) is 55.8 Å². The third-order valence-electron chi connectivity index (χ3n) is 4.66. The lowest BCUT2D eigenvalue weighted by Crippen LogP contribution is -2.14. The first-order valence-electron chi connectivity index (χ1n) is 8.87. The summed E-state index contributed by atoms with van der Waals surface area (Å²) in [5.41, 5.74) is 7.73. The normalized spacial score (nSPS) is 15.7. The average molecular weight is 302 g/mol. The summed E-state index contributed by atoms with van der Waals surface area (Å²) in [6, 6.07) is 8.23. The van der Waals surface area contributed by atoms with Crippen molar-refractivity contribution in [2.75, 3.05) is 11.9 Å². The Hall–Kier alpha value is -1.35. The van der Waals surface area contributed by atoms with Crippen LogP contribution in [-0.2, 0) is 11.2 Å². The van der Waals surface area contributed by atoms with Crippen molar-refractivity contribution in [3.05, 3.63) is 29.8 Å². The van der Waals surface area contributed by atoms with Crippen LogP contribution in [0, 0.1) is 5.92 Å². The van der Waals surface area contributed by atoms with Crippen LogP contribution in [0.3, 0.4) is 0 Å². The van der Waals surface area contributed by atoms with Gasteiger partial charge in [-0.2, -0.15) is 0 Å². The second kappa shape index (κ2) is 9.62. The van der Waals surface area contributed by atoms with Gasteiger partial charge in [-0.15, -0.1) is 0 Å². The molecular formula is C19H30N2O. The number of rotatable bonds is 8. The van der Waals surface area contributed by atoms with E-state index in [1.165, 1.54) is 37.7 Å². The first-order valence-corrected chi connectivity index (χ1v) is 8.87. The topological polar surface area (TPSA) is 55.1 Å². The molecule has 0 heterocycles. The number of unbranched alkanes of at least 4 members (excludes halogenated alkanes) is 1. The lowest BCUT2D eigenvalue weighted by molar-refractivity contribution is -0.116. The summed E-state index contributed by atoms with van der Waals surface area (Å²) < 4.78 is 0. The van der Waals surface area contributed by atoms with Crippen LogP contribution in [0.2, 0.25) is 0 Å². The maximum absolute atomic E-state index is 12.0. The van der Waals surface area contributed by atoms with Crippen molar-refractivity contribution in [2.45, 2.75) is 64.2 Å². The molecule has 2 rings (SSSR count). The SMILES string of the molecule is NCCCCc1ccc(NC(=O)CCC2CCCCC2)cc1. The van der Waals surface area contributed by atoms with Crippen LogP contribution in [-0.4, -0.2) is 12.5 Å². The molecule has 0 aromatic heterocycles. The van der Waals surface area contributed by atoms with Gasteiger partial charge in [0.15, 0.2) is 0 Å². The zero-order chi connectivity index (χ0) is 15.6. The first kappa shape index (κ1) is 17.0. The van der Waals surface area contributed by atoms with Crippen LogP contribution in [0.5, 0.6) is 0 Å². The summed E-state index contributed by atoms with van der Waals surface area (Å²) in [6.45, 7) is 0.759. The van der Waals surface area contributed by atoms with Gasteiger partial charge < -0.3 is 11.1 Å². The number of amides is 1. The summed E-state index contributed by atoms with van der Waals surface area (Å²) in [5.74, 6) is 0.922. The fourth-order valence-electron chi connectivity index (χ4n) is 3.26. The predicted molar refractivity (Wildman–Crippen MR) is 92.9 cm³/mol. The minimum atomic E-state index is 0.154. The average Bonchev–Trinajstić information content (AvgIpc) is 2.56. The second-order valence-corrected chi connectivity index (χ2v) is 6.53. The minimum absolute atomic E-state index is 0.154. The Labute approximate surface area is 134 Å². The molecule has 1 saturated carbocycles. The molecule has 1 aromatic rings. The molecule has 3 N–H and O–H groups in total. The van der Waals surface area contributed by atoms with E-state index in [2.05, 4.69) is 17.4 Å². The number of carbonyl (C=O) groups is 1. The molecule has 1 amide bonds. The highest BCUT2D eigenvalue weighted by Gasteiger charge is 2.14. The predicted octanol–water partition coefficient (Wildman–Crippen LogP) is 4.27. The Morgan fingerprint density at radius 3 is 2.50 bits per heavy atom. The molecule has 0 radical (unpaired) electrons. The van der Waals surface area contributed by atoms with Gasteiger partial charge >= 0.3 is 0 Å². The van der Waals surface area contributed by atoms with Gasteiger partial charge in [-0.25, -0.2) is 0 Å². The fraction of sp³-hybridized carbons (Fsp3) is 0.632. The van der Waals surface area contributed by atoms with E-state index < -0.39 is 0 Å². The number of hydrogen-bond acceptors (Lipinski definition) is 2. The van der Waals surface area contributed by atoms with Crippen molar-refractivity contribution in [1.29, 1.82) is 0 Å². The summed E-state index contributed by atoms with van der Waals surface area (Å²) in [6.07, 6.45) is 11.6. The van der Waals surface area contributed by atoms with Crippen molar-refractivity contribution in [3.8, 4) is 0 Å². The van der Waals surface area contributed by atoms with E-state index >= 15 is 0 Å². The van der Waals surface area contributed by atoms with Crippen molar-refractivity contribution < 1.29 is 4.79 Å². The van der Waals surface area contributed by atoms with Crippen LogP contribution in [0.1, 0.15) is 63.4 Å². The molecule has 122 valence electrons. The Morgan fingerprint density at radius 2 is 1.82 bits per heavy atom. The molecule has 3 nitrogen and oxygen atoms in total. The molecule has 0 bridgehead atoms. The molecule has 0 spiro atoms. The van der Waals surface area contributed by atoms with Gasteiger partial charge in [-0.1, -0.05) is 44.2 Å². The highest BCUT2D eigenvalue weighted by atomic mass is 16.1. The van der Waals surface area contributed by atoms with E-state index in [0.29, 0.717) is 6.42 Å². The number of hydrogen-bond donors (Lipinski definition) is 2. The van der Waals surface area contributed by atoms with Crippen LogP contribution >= 0.6 is 0 Å². The van der Waals surface area contributed by atoms with Gasteiger partial charge in [0.2, 0.25) is 5.91 Å². The van der Waals surface area contributed by atoms with Crippen molar-refractivity contribution in [3.63, 3.8) is 0 Å². The zero-order valence-electron chi connectivity index (χ0n) is 13.7. The monoisotopic (exact) mass is 302 g/mol. The largest absolute Gasteiger partial charge is 0.330 e. The number of aryl methyl sites for hydroxylation is 1. The Balaban J connectivity index is 1.69. The summed E-state index contributed by atoms with van der Waals surface area (Å²) in [5, 5.41) is 3.02. The molecule has 0 saturated heterocycles. The molecular weight excluding hydrogens is 272 g/mol. The van der Waals surface area contributed by atoms with Crippen LogP contribution < -0.4 is 11.1 Å². The third-order valence-corrected chi connectivity index (χ3v) is 4.66. The number of carbonyl (C=O) groups excluding carboxylic acids is 1. The molecule has 0 aliphatic heterocycles. The van der Waals surface area contributed by atoms with E-state index in [-0.39, 0.29) is 5.91 Å². The zero-order valence-corrected chi connectivity index (χ0v) is 13.7. The Bertz CT molecular complexity index is 435. The van der Waals surface area contributed by atoms with Crippen LogP contribution in [0.15, 0.2) is 24.3 Å². The Morgan fingerprint density at radius 1 is 1.09 bits per heavy atom. The third kappa shape index (κ3) is 6.18. The summed E-state index contributed by atoms with van der Waals surface area (Å²) in [4.78, 5) is 12.0. The Kier molecular flexibility index (Phi) is 7.44.